The molecule has 24 nitrogen and oxygen atoms in total. The second-order valence-corrected chi connectivity index (χ2v) is 36.1. The Morgan fingerprint density at radius 1 is 0.304 bits per heavy atom. The molecule has 35 atom stereocenters. The number of nitrogens with zero attached hydrogens (tertiary/aromatic N) is 3. The lowest BCUT2D eigenvalue weighted by molar-refractivity contribution is -0.391. The fourth-order valence-electron chi connectivity index (χ4n) is 18.9. The van der Waals surface area contributed by atoms with Gasteiger partial charge in [-0.25, -0.2) is 0 Å². The fraction of sp³-hybridized carbons (Fsp3) is 0.624. The van der Waals surface area contributed by atoms with E-state index in [1.165, 1.54) is 0 Å². The van der Waals surface area contributed by atoms with E-state index in [1.807, 2.05) is 198 Å². The predicted octanol–water partition coefficient (Wildman–Crippen LogP) is 17.7. The molecule has 6 aromatic carbocycles. The van der Waals surface area contributed by atoms with Gasteiger partial charge in [-0.15, -0.1) is 6.58 Å². The van der Waals surface area contributed by atoms with Crippen LogP contribution in [0.4, 0.5) is 0 Å². The van der Waals surface area contributed by atoms with E-state index in [0.29, 0.717) is 52.5 Å². The van der Waals surface area contributed by atoms with E-state index in [2.05, 4.69) is 98.0 Å². The van der Waals surface area contributed by atoms with Crippen LogP contribution in [0.15, 0.2) is 200 Å². The van der Waals surface area contributed by atoms with Gasteiger partial charge >= 0.3 is 0 Å². The standard InChI is InChI=1S/C101H139N3O21/c1-16-49-110-95-72(15)90(123-99-91(67(10)64(7)79(17-2)114-99)111-54-77-45-33-23-34-46-77)94(85(119-95)60-113-98-87(105)66(9)63(6)82(117-98)57-107-51-74-39-27-20-28-40-74)125-101-93(68(11)65(8)83(118-101)58-108-52-75-41-29-21-30-42-75)124-97-86(103-104-102)70(13)88(80(18-3)115-97)122-100-92(112-55-78-47-35-24-36-48-78)71(14)89(84(120-100)59-109-53-76-43-31-22-32-44-76)121-96-69(12)61(4)62(5)81(116-96)56-106-50-73-37-25-19-26-38-73/h16,19-48,61-72,79-101,105H,1,17-18,49-60H2,2-15H3/t61?,62-,63+,64+,65+,66?,67?,68?,69+,70?,71?,72+,79?,80?,81?,82?,83?,84?,85?,86+,87+,88+,89-,90?,91+,92+,93+,94-,95+,96-,97-,98-,99+,100+,101+/m1/s1. The molecule has 0 radical (unpaired) electrons. The highest BCUT2D eigenvalue weighted by atomic mass is 16.8. The summed E-state index contributed by atoms with van der Waals surface area (Å²) in [5.41, 5.74) is 17.0. The van der Waals surface area contributed by atoms with E-state index in [-0.39, 0.29) is 105 Å². The van der Waals surface area contributed by atoms with Crippen molar-refractivity contribution in [3.63, 3.8) is 0 Å². The van der Waals surface area contributed by atoms with Gasteiger partial charge in [0.2, 0.25) is 0 Å². The van der Waals surface area contributed by atoms with Crippen LogP contribution in [0.5, 0.6) is 0 Å². The van der Waals surface area contributed by atoms with Crippen molar-refractivity contribution in [1.82, 2.24) is 0 Å². The molecule has 7 saturated heterocycles. The summed E-state index contributed by atoms with van der Waals surface area (Å²) in [6, 6.07) is 59.4. The zero-order valence-corrected chi connectivity index (χ0v) is 75.7. The number of aliphatic hydroxyl groups excluding tert-OH is 1. The average Bonchev–Trinajstić information content (AvgIpc) is 0.760. The molecule has 0 aromatic heterocycles. The second-order valence-electron chi connectivity index (χ2n) is 36.1. The van der Waals surface area contributed by atoms with E-state index in [1.54, 1.807) is 6.08 Å². The van der Waals surface area contributed by atoms with E-state index >= 15 is 0 Å². The van der Waals surface area contributed by atoms with Crippen LogP contribution in [0.2, 0.25) is 0 Å². The van der Waals surface area contributed by atoms with E-state index in [0.717, 1.165) is 33.4 Å². The van der Waals surface area contributed by atoms with Crippen molar-refractivity contribution in [3.8, 4) is 0 Å². The van der Waals surface area contributed by atoms with Crippen LogP contribution in [-0.2, 0) is 134 Å². The highest BCUT2D eigenvalue weighted by molar-refractivity contribution is 5.18. The molecule has 1 N–H and O–H groups in total. The molecule has 0 amide bonds. The summed E-state index contributed by atoms with van der Waals surface area (Å²) in [5, 5.41) is 16.9. The molecular formula is C101H139N3O21. The van der Waals surface area contributed by atoms with Crippen LogP contribution in [-0.4, -0.2) is 186 Å². The Morgan fingerprint density at radius 2 is 0.648 bits per heavy atom. The SMILES string of the molecule is C=CCO[C@H]1OC(CO[C@@H]2OC(COCc3ccccc3)[C@@H](C)C(C)[C@@H]2O)[C@@H](O[C@@H]2OC(COCc3ccccc3)[C@@H](C)C(C)[C@@H]2O[C@H]2OC(CC)[C@@H](O[C@@H]3OC(COCc4ccccc4)[C@H](O[C@H]4OC(COCc5ccccc5)[C@H](C)C(C)[C@@H]4C)C(C)[C@@H]3OCc3ccccc3)C(C)[C@@H]2N=[N+]=[N-])C(O[C@@H]2OC(CC)[C@@H](C)C(C)[C@@H]2OCc2ccccc2)[C@@H]1C. The minimum absolute atomic E-state index is 0.0140. The summed E-state index contributed by atoms with van der Waals surface area (Å²) in [4.78, 5) is 3.55. The van der Waals surface area contributed by atoms with Gasteiger partial charge in [0.25, 0.3) is 0 Å². The minimum atomic E-state index is -1.25. The summed E-state index contributed by atoms with van der Waals surface area (Å²) >= 11 is 0. The maximum absolute atomic E-state index is 12.3. The molecule has 7 fully saturated rings. The first-order valence-corrected chi connectivity index (χ1v) is 45.9. The van der Waals surface area contributed by atoms with Crippen LogP contribution in [0.25, 0.3) is 10.4 Å². The smallest absolute Gasteiger partial charge is 0.185 e. The van der Waals surface area contributed by atoms with Crippen LogP contribution in [0.1, 0.15) is 143 Å². The van der Waals surface area contributed by atoms with Crippen LogP contribution >= 0.6 is 0 Å². The summed E-state index contributed by atoms with van der Waals surface area (Å²) in [5.74, 6) is -2.13. The van der Waals surface area contributed by atoms with Gasteiger partial charge in [-0.05, 0) is 105 Å². The number of benzene rings is 6. The number of azide groups is 1. The predicted molar refractivity (Wildman–Crippen MR) is 471 cm³/mol. The van der Waals surface area contributed by atoms with Gasteiger partial charge in [0, 0.05) is 22.7 Å². The van der Waals surface area contributed by atoms with Crippen molar-refractivity contribution in [1.29, 1.82) is 0 Å². The van der Waals surface area contributed by atoms with Gasteiger partial charge in [0.15, 0.2) is 44.0 Å². The summed E-state index contributed by atoms with van der Waals surface area (Å²) in [6.45, 7) is 36.7. The Hall–Kier alpha value is -6.47. The highest BCUT2D eigenvalue weighted by Crippen LogP contribution is 2.47. The Labute approximate surface area is 741 Å². The first kappa shape index (κ1) is 96.1. The number of rotatable bonds is 41. The molecule has 24 heteroatoms. The summed E-state index contributed by atoms with van der Waals surface area (Å²) < 4.78 is 142. The quantitative estimate of drug-likeness (QED) is 0.0162. The van der Waals surface area contributed by atoms with Crippen LogP contribution in [0.3, 0.4) is 0 Å². The van der Waals surface area contributed by atoms with Crippen LogP contribution < -0.4 is 0 Å². The molecule has 125 heavy (non-hydrogen) atoms. The second kappa shape index (κ2) is 47.4. The van der Waals surface area contributed by atoms with Crippen LogP contribution in [0, 0.1) is 71.0 Å². The lowest BCUT2D eigenvalue weighted by atomic mass is 9.79. The largest absolute Gasteiger partial charge is 0.388 e. The molecule has 7 aliphatic rings. The van der Waals surface area contributed by atoms with Crippen molar-refractivity contribution in [2.75, 3.05) is 39.6 Å². The molecule has 0 spiro atoms. The van der Waals surface area contributed by atoms with Gasteiger partial charge < -0.3 is 99.8 Å². The number of hydrogen-bond donors (Lipinski definition) is 1. The third kappa shape index (κ3) is 24.8. The third-order valence-electron chi connectivity index (χ3n) is 27.9. The van der Waals surface area contributed by atoms with Crippen molar-refractivity contribution in [2.24, 2.45) is 76.1 Å². The van der Waals surface area contributed by atoms with Crippen molar-refractivity contribution >= 4 is 0 Å². The molecular weight excluding hydrogens is 1590 g/mol. The first-order chi connectivity index (χ1) is 60.7. The van der Waals surface area contributed by atoms with Gasteiger partial charge in [0.1, 0.15) is 42.7 Å². The zero-order chi connectivity index (χ0) is 88.0. The molecule has 0 saturated carbocycles. The van der Waals surface area contributed by atoms with E-state index < -0.39 is 147 Å². The lowest BCUT2D eigenvalue weighted by Gasteiger charge is -2.53. The molecule has 13 rings (SSSR count). The number of aliphatic hydroxyl groups is 1. The summed E-state index contributed by atoms with van der Waals surface area (Å²) in [6.07, 6.45) is -14.9. The number of hydrogen-bond acceptors (Lipinski definition) is 22. The van der Waals surface area contributed by atoms with Crippen molar-refractivity contribution < 1.29 is 99.8 Å². The van der Waals surface area contributed by atoms with E-state index in [9.17, 15) is 10.6 Å². The van der Waals surface area contributed by atoms with Gasteiger partial charge in [0.05, 0.1) is 134 Å². The normalized spacial score (nSPS) is 37.5. The van der Waals surface area contributed by atoms with E-state index in [4.69, 9.17) is 94.7 Å². The molecule has 6 aromatic rings. The topological polar surface area (TPSA) is 254 Å². The Balaban J connectivity index is 0.826. The minimum Gasteiger partial charge on any atom is -0.388 e. The molecule has 0 aliphatic carbocycles. The van der Waals surface area contributed by atoms with Gasteiger partial charge in [-0.1, -0.05) is 290 Å². The van der Waals surface area contributed by atoms with Gasteiger partial charge in [-0.3, -0.25) is 0 Å². The maximum atomic E-state index is 12.3. The maximum Gasteiger partial charge on any atom is 0.185 e. The molecule has 7 heterocycles. The fourth-order valence-corrected chi connectivity index (χ4v) is 18.9. The first-order valence-electron chi connectivity index (χ1n) is 45.9. The zero-order valence-electron chi connectivity index (χ0n) is 75.7. The lowest BCUT2D eigenvalue weighted by Crippen LogP contribution is -2.64. The molecule has 14 unspecified atom stereocenters. The Bertz CT molecular complexity index is 4130. The monoisotopic (exact) mass is 1730 g/mol. The van der Waals surface area contributed by atoms with Crippen molar-refractivity contribution in [2.45, 2.75) is 291 Å². The number of ether oxygens (including phenoxy) is 20. The van der Waals surface area contributed by atoms with Crippen molar-refractivity contribution in [3.05, 3.63) is 238 Å². The van der Waals surface area contributed by atoms with Gasteiger partial charge in [-0.2, -0.15) is 0 Å². The molecule has 684 valence electrons. The highest BCUT2D eigenvalue weighted by Gasteiger charge is 2.58. The third-order valence-corrected chi connectivity index (χ3v) is 27.9. The Kier molecular flexibility index (Phi) is 36.4. The molecule has 0 bridgehead atoms. The summed E-state index contributed by atoms with van der Waals surface area (Å²) in [7, 11) is 0. The molecule has 7 aliphatic heterocycles. The average molecular weight is 1730 g/mol. The Morgan fingerprint density at radius 3 is 1.13 bits per heavy atom.